The number of rotatable bonds is 7. The fourth-order valence-electron chi connectivity index (χ4n) is 4.35. The van der Waals surface area contributed by atoms with Gasteiger partial charge in [-0.3, -0.25) is 20.2 Å². The molecule has 2 heterocycles. The lowest BCUT2D eigenvalue weighted by Crippen LogP contribution is -2.14. The molecule has 2 aromatic heterocycles. The number of ether oxygens (including phenoxy) is 1. The maximum Gasteiger partial charge on any atom is 0.261 e. The minimum absolute atomic E-state index is 0. The van der Waals surface area contributed by atoms with Gasteiger partial charge in [-0.05, 0) is 55.3 Å². The van der Waals surface area contributed by atoms with E-state index < -0.39 is 0 Å². The fraction of sp³-hybridized carbons (Fsp3) is 0.111. The van der Waals surface area contributed by atoms with Gasteiger partial charge in [-0.15, -0.1) is 0 Å². The van der Waals surface area contributed by atoms with Crippen molar-refractivity contribution in [3.8, 4) is 28.3 Å². The molecule has 0 aliphatic carbocycles. The molecule has 9 nitrogen and oxygen atoms in total. The van der Waals surface area contributed by atoms with Crippen LogP contribution in [0.4, 0.5) is 11.9 Å². The van der Waals surface area contributed by atoms with E-state index in [9.17, 15) is 9.59 Å². The number of methoxy groups -OCH3 is 1. The minimum atomic E-state index is -0.271. The van der Waals surface area contributed by atoms with Crippen molar-refractivity contribution in [2.24, 2.45) is 0 Å². The van der Waals surface area contributed by atoms with Gasteiger partial charge in [-0.25, -0.2) is 9.97 Å². The average Bonchev–Trinajstić information content (AvgIpc) is 3.72. The van der Waals surface area contributed by atoms with Crippen molar-refractivity contribution in [3.05, 3.63) is 137 Å². The number of aromatic amines is 2. The number of carbonyl (C=O) groups excluding carboxylic acids is 2. The highest BCUT2D eigenvalue weighted by atomic mass is 35.5. The van der Waals surface area contributed by atoms with Crippen LogP contribution in [0.1, 0.15) is 39.3 Å². The van der Waals surface area contributed by atoms with Gasteiger partial charge in [-0.2, -0.15) is 0 Å². The number of para-hydroxylation sites is 1. The first kappa shape index (κ1) is 33.2. The Morgan fingerprint density at radius 2 is 1.22 bits per heavy atom. The van der Waals surface area contributed by atoms with E-state index in [4.69, 9.17) is 16.3 Å². The molecule has 0 saturated carbocycles. The molecule has 0 atom stereocenters. The molecule has 0 unspecified atom stereocenters. The second kappa shape index (κ2) is 15.4. The predicted molar refractivity (Wildman–Crippen MR) is 185 cm³/mol. The van der Waals surface area contributed by atoms with Gasteiger partial charge in [0.15, 0.2) is 0 Å². The van der Waals surface area contributed by atoms with Crippen LogP contribution < -0.4 is 15.4 Å². The van der Waals surface area contributed by atoms with E-state index in [-0.39, 0.29) is 19.2 Å². The number of hydrogen-bond acceptors (Lipinski definition) is 5. The number of carbonyl (C=O) groups is 2. The number of amides is 2. The molecule has 46 heavy (non-hydrogen) atoms. The average molecular weight is 635 g/mol. The van der Waals surface area contributed by atoms with Crippen molar-refractivity contribution in [1.29, 1.82) is 0 Å². The number of anilines is 2. The first-order valence-electron chi connectivity index (χ1n) is 14.0. The highest BCUT2D eigenvalue weighted by molar-refractivity contribution is 6.31. The van der Waals surface area contributed by atoms with Gasteiger partial charge < -0.3 is 14.7 Å². The number of benzene rings is 4. The molecular formula is C36H35ClN6O3. The van der Waals surface area contributed by atoms with E-state index in [1.807, 2.05) is 68.4 Å². The van der Waals surface area contributed by atoms with Crippen LogP contribution in [-0.2, 0) is 0 Å². The number of H-pyrrole nitrogens is 2. The van der Waals surface area contributed by atoms with Crippen molar-refractivity contribution in [1.82, 2.24) is 19.9 Å². The summed E-state index contributed by atoms with van der Waals surface area (Å²) in [6, 6.07) is 30.0. The summed E-state index contributed by atoms with van der Waals surface area (Å²) in [6.45, 7) is 4.07. The normalized spacial score (nSPS) is 10.2. The summed E-state index contributed by atoms with van der Waals surface area (Å²) in [5.41, 5.74) is 7.06. The van der Waals surface area contributed by atoms with Crippen molar-refractivity contribution in [2.75, 3.05) is 17.7 Å². The molecule has 0 fully saturated rings. The van der Waals surface area contributed by atoms with Crippen LogP contribution in [-0.4, -0.2) is 38.9 Å². The summed E-state index contributed by atoms with van der Waals surface area (Å²) in [7, 11) is 1.54. The molecule has 0 spiro atoms. The Bertz CT molecular complexity index is 1910. The zero-order valence-corrected chi connectivity index (χ0v) is 25.6. The van der Waals surface area contributed by atoms with Crippen molar-refractivity contribution < 1.29 is 14.3 Å². The largest absolute Gasteiger partial charge is 0.496 e. The summed E-state index contributed by atoms with van der Waals surface area (Å²) in [4.78, 5) is 39.0. The third kappa shape index (κ3) is 8.49. The van der Waals surface area contributed by atoms with Crippen LogP contribution in [0, 0.1) is 13.8 Å². The number of imidazole rings is 2. The molecule has 10 heteroatoms. The number of aromatic nitrogens is 4. The molecule has 0 aliphatic rings. The third-order valence-corrected chi connectivity index (χ3v) is 7.01. The van der Waals surface area contributed by atoms with Crippen LogP contribution in [0.3, 0.4) is 0 Å². The minimum Gasteiger partial charge on any atom is -0.496 e. The summed E-state index contributed by atoms with van der Waals surface area (Å²) < 4.78 is 5.20. The van der Waals surface area contributed by atoms with E-state index in [2.05, 4.69) is 30.6 Å². The monoisotopic (exact) mass is 634 g/mol. The predicted octanol–water partition coefficient (Wildman–Crippen LogP) is 8.57. The Labute approximate surface area is 273 Å². The summed E-state index contributed by atoms with van der Waals surface area (Å²) in [5.74, 6) is 0.798. The number of hydrogen-bond donors (Lipinski definition) is 4. The third-order valence-electron chi connectivity index (χ3n) is 6.78. The number of nitrogens with zero attached hydrogens (tertiary/aromatic N) is 2. The maximum atomic E-state index is 12.3. The molecule has 4 aromatic carbocycles. The molecule has 4 N–H and O–H groups in total. The first-order valence-corrected chi connectivity index (χ1v) is 14.4. The van der Waals surface area contributed by atoms with E-state index in [0.29, 0.717) is 33.8 Å². The molecule has 0 saturated heterocycles. The first-order chi connectivity index (χ1) is 21.8. The number of nitrogens with one attached hydrogen (secondary N) is 4. The van der Waals surface area contributed by atoms with Crippen LogP contribution >= 0.6 is 11.6 Å². The second-order valence-electron chi connectivity index (χ2n) is 10.1. The fourth-order valence-corrected chi connectivity index (χ4v) is 4.54. The van der Waals surface area contributed by atoms with Gasteiger partial charge in [0, 0.05) is 10.6 Å². The number of halogens is 1. The SMILES string of the molecule is C.COc1ccccc1C(=O)Nc1ncc(-c2ccc(C)cc2)[nH]1.Cc1ccc(-c2cnc(NC(=O)c3cccc(Cl)c3)[nH]2)cc1. The van der Waals surface area contributed by atoms with E-state index in [1.54, 1.807) is 54.9 Å². The number of aryl methyl sites for hydroxylation is 2. The molecular weight excluding hydrogens is 600 g/mol. The standard InChI is InChI=1S/C18H17N3O2.C17H14ClN3O.CH4/c1-12-7-9-13(10-8-12)15-11-19-18(20-15)21-17(22)14-5-3-4-6-16(14)23-2;1-11-5-7-12(8-6-11)15-10-19-17(20-15)21-16(22)13-3-2-4-14(18)9-13;/h3-11H,1-2H3,(H2,19,20,21,22);2-10H,1H3,(H2,19,20,21,22);1H4. The molecule has 0 bridgehead atoms. The molecule has 0 radical (unpaired) electrons. The van der Waals surface area contributed by atoms with Crippen LogP contribution in [0.25, 0.3) is 22.5 Å². The highest BCUT2D eigenvalue weighted by Crippen LogP contribution is 2.22. The smallest absolute Gasteiger partial charge is 0.261 e. The quantitative estimate of drug-likeness (QED) is 0.140. The lowest BCUT2D eigenvalue weighted by Gasteiger charge is -2.07. The van der Waals surface area contributed by atoms with Gasteiger partial charge >= 0.3 is 0 Å². The summed E-state index contributed by atoms with van der Waals surface area (Å²) in [6.07, 6.45) is 3.39. The Hall–Kier alpha value is -5.67. The summed E-state index contributed by atoms with van der Waals surface area (Å²) in [5, 5.41) is 5.99. The molecule has 6 rings (SSSR count). The van der Waals surface area contributed by atoms with Gasteiger partial charge in [0.2, 0.25) is 11.9 Å². The lowest BCUT2D eigenvalue weighted by molar-refractivity contribution is 0.101. The zero-order valence-electron chi connectivity index (χ0n) is 24.9. The van der Waals surface area contributed by atoms with Gasteiger partial charge in [0.25, 0.3) is 11.8 Å². The Morgan fingerprint density at radius 1 is 0.696 bits per heavy atom. The van der Waals surface area contributed by atoms with Gasteiger partial charge in [0.05, 0.1) is 36.5 Å². The van der Waals surface area contributed by atoms with Crippen LogP contribution in [0.2, 0.25) is 5.02 Å². The molecule has 2 amide bonds. The summed E-state index contributed by atoms with van der Waals surface area (Å²) >= 11 is 5.89. The van der Waals surface area contributed by atoms with Crippen molar-refractivity contribution >= 4 is 35.3 Å². The van der Waals surface area contributed by atoms with E-state index in [0.717, 1.165) is 22.5 Å². The van der Waals surface area contributed by atoms with Gasteiger partial charge in [-0.1, -0.05) is 96.9 Å². The second-order valence-corrected chi connectivity index (χ2v) is 10.6. The van der Waals surface area contributed by atoms with E-state index in [1.165, 1.54) is 18.2 Å². The molecule has 6 aromatic rings. The Morgan fingerprint density at radius 3 is 1.74 bits per heavy atom. The molecule has 234 valence electrons. The topological polar surface area (TPSA) is 125 Å². The van der Waals surface area contributed by atoms with E-state index >= 15 is 0 Å². The van der Waals surface area contributed by atoms with Crippen LogP contribution in [0.5, 0.6) is 5.75 Å². The maximum absolute atomic E-state index is 12.3. The zero-order chi connectivity index (χ0) is 31.8. The Balaban J connectivity index is 0.000000205. The molecule has 0 aliphatic heterocycles. The highest BCUT2D eigenvalue weighted by Gasteiger charge is 2.14. The van der Waals surface area contributed by atoms with Gasteiger partial charge in [0.1, 0.15) is 5.75 Å². The van der Waals surface area contributed by atoms with Crippen LogP contribution in [0.15, 0.2) is 109 Å². The van der Waals surface area contributed by atoms with Crippen molar-refractivity contribution in [2.45, 2.75) is 21.3 Å². The Kier molecular flexibility index (Phi) is 11.1. The van der Waals surface area contributed by atoms with Crippen molar-refractivity contribution in [3.63, 3.8) is 0 Å². The lowest BCUT2D eigenvalue weighted by atomic mass is 10.1.